The first-order chi connectivity index (χ1) is 12.4. The molecule has 5 nitrogen and oxygen atoms in total. The van der Waals surface area contributed by atoms with Gasteiger partial charge in [-0.25, -0.2) is 13.6 Å². The molecule has 0 aliphatic carbocycles. The molecule has 26 heavy (non-hydrogen) atoms. The van der Waals surface area contributed by atoms with E-state index < -0.39 is 10.0 Å². The lowest BCUT2D eigenvalue weighted by Crippen LogP contribution is -2.25. The molecule has 0 fully saturated rings. The van der Waals surface area contributed by atoms with Crippen molar-refractivity contribution >= 4 is 15.9 Å². The first kappa shape index (κ1) is 22.6. The Morgan fingerprint density at radius 2 is 1.46 bits per heavy atom. The molecule has 0 aliphatic rings. The van der Waals surface area contributed by atoms with E-state index in [4.69, 9.17) is 5.14 Å². The smallest absolute Gasteiger partial charge is 0.238 e. The topological polar surface area (TPSA) is 89.3 Å². The van der Waals surface area contributed by atoms with Crippen LogP contribution in [0.25, 0.3) is 0 Å². The van der Waals surface area contributed by atoms with E-state index in [1.54, 1.807) is 12.1 Å². The number of amides is 1. The minimum atomic E-state index is -3.65. The second kappa shape index (κ2) is 12.9. The molecular formula is C20H34N2O3S. The van der Waals surface area contributed by atoms with Crippen molar-refractivity contribution in [2.45, 2.75) is 82.4 Å². The average molecular weight is 383 g/mol. The molecule has 0 spiro atoms. The van der Waals surface area contributed by atoms with Gasteiger partial charge in [0, 0.05) is 13.0 Å². The number of nitrogens with one attached hydrogen (secondary N) is 1. The van der Waals surface area contributed by atoms with Gasteiger partial charge in [-0.2, -0.15) is 0 Å². The number of sulfonamides is 1. The zero-order valence-electron chi connectivity index (χ0n) is 16.0. The molecule has 0 atom stereocenters. The van der Waals surface area contributed by atoms with Gasteiger partial charge in [0.25, 0.3) is 0 Å². The predicted molar refractivity (Wildman–Crippen MR) is 106 cm³/mol. The summed E-state index contributed by atoms with van der Waals surface area (Å²) in [5.41, 5.74) is 0.973. The molecule has 0 saturated carbocycles. The lowest BCUT2D eigenvalue weighted by Gasteiger charge is -2.06. The van der Waals surface area contributed by atoms with E-state index in [0.29, 0.717) is 19.4 Å². The summed E-state index contributed by atoms with van der Waals surface area (Å²) in [6.45, 7) is 2.79. The lowest BCUT2D eigenvalue weighted by molar-refractivity contribution is -0.121. The molecule has 0 aliphatic heterocycles. The van der Waals surface area contributed by atoms with Crippen LogP contribution in [0.3, 0.4) is 0 Å². The van der Waals surface area contributed by atoms with Crippen LogP contribution in [0.4, 0.5) is 0 Å². The fourth-order valence-corrected chi connectivity index (χ4v) is 3.39. The molecule has 0 saturated heterocycles. The molecule has 1 rings (SSSR count). The molecule has 0 heterocycles. The Morgan fingerprint density at radius 3 is 2.00 bits per heavy atom. The fraction of sp³-hybridized carbons (Fsp3) is 0.650. The molecule has 0 aromatic heterocycles. The molecule has 6 heteroatoms. The fourth-order valence-electron chi connectivity index (χ4n) is 2.88. The number of carbonyl (C=O) groups excluding carboxylic acids is 1. The van der Waals surface area contributed by atoms with E-state index in [2.05, 4.69) is 12.2 Å². The standard InChI is InChI=1S/C20H34N2O3S/c1-2-3-4-5-6-7-8-9-10-11-20(23)22-17-16-18-12-14-19(15-13-18)26(21,24)25/h12-15H,2-11,16-17H2,1H3,(H,22,23)(H2,21,24,25). The molecule has 1 aromatic carbocycles. The van der Waals surface area contributed by atoms with E-state index in [9.17, 15) is 13.2 Å². The van der Waals surface area contributed by atoms with Crippen molar-refractivity contribution in [1.29, 1.82) is 0 Å². The van der Waals surface area contributed by atoms with Crippen molar-refractivity contribution < 1.29 is 13.2 Å². The van der Waals surface area contributed by atoms with Gasteiger partial charge < -0.3 is 5.32 Å². The largest absolute Gasteiger partial charge is 0.356 e. The SMILES string of the molecule is CCCCCCCCCCCC(=O)NCCc1ccc(S(N)(=O)=O)cc1. The van der Waals surface area contributed by atoms with E-state index in [0.717, 1.165) is 18.4 Å². The number of carbonyl (C=O) groups is 1. The van der Waals surface area contributed by atoms with Crippen LogP contribution in [0.15, 0.2) is 29.2 Å². The minimum Gasteiger partial charge on any atom is -0.356 e. The Morgan fingerprint density at radius 1 is 0.923 bits per heavy atom. The van der Waals surface area contributed by atoms with Crippen LogP contribution in [0.2, 0.25) is 0 Å². The maximum Gasteiger partial charge on any atom is 0.238 e. The maximum atomic E-state index is 11.8. The van der Waals surface area contributed by atoms with Gasteiger partial charge in [0.15, 0.2) is 0 Å². The highest BCUT2D eigenvalue weighted by Gasteiger charge is 2.07. The summed E-state index contributed by atoms with van der Waals surface area (Å²) in [6, 6.07) is 6.45. The highest BCUT2D eigenvalue weighted by molar-refractivity contribution is 7.89. The zero-order valence-corrected chi connectivity index (χ0v) is 16.8. The van der Waals surface area contributed by atoms with Crippen molar-refractivity contribution in [2.75, 3.05) is 6.54 Å². The summed E-state index contributed by atoms with van der Waals surface area (Å²) in [5.74, 6) is 0.0918. The molecule has 148 valence electrons. The van der Waals surface area contributed by atoms with E-state index >= 15 is 0 Å². The summed E-state index contributed by atoms with van der Waals surface area (Å²) in [5, 5.41) is 7.99. The number of rotatable bonds is 14. The van der Waals surface area contributed by atoms with Crippen LogP contribution in [-0.4, -0.2) is 20.9 Å². The van der Waals surface area contributed by atoms with Gasteiger partial charge in [-0.15, -0.1) is 0 Å². The van der Waals surface area contributed by atoms with Gasteiger partial charge in [-0.3, -0.25) is 4.79 Å². The quantitative estimate of drug-likeness (QED) is 0.478. The summed E-state index contributed by atoms with van der Waals surface area (Å²) < 4.78 is 22.4. The van der Waals surface area contributed by atoms with Crippen molar-refractivity contribution in [3.63, 3.8) is 0 Å². The van der Waals surface area contributed by atoms with Gasteiger partial charge in [-0.1, -0.05) is 70.4 Å². The van der Waals surface area contributed by atoms with Crippen molar-refractivity contribution in [1.82, 2.24) is 5.32 Å². The van der Waals surface area contributed by atoms with E-state index in [1.165, 1.54) is 57.1 Å². The highest BCUT2D eigenvalue weighted by atomic mass is 32.2. The number of unbranched alkanes of at least 4 members (excludes halogenated alkanes) is 8. The summed E-state index contributed by atoms with van der Waals surface area (Å²) in [7, 11) is -3.65. The average Bonchev–Trinajstić information content (AvgIpc) is 2.60. The van der Waals surface area contributed by atoms with Crippen LogP contribution in [0, 0.1) is 0 Å². The Bertz CT molecular complexity index is 612. The van der Waals surface area contributed by atoms with Crippen molar-refractivity contribution in [3.8, 4) is 0 Å². The van der Waals surface area contributed by atoms with E-state index in [1.807, 2.05) is 0 Å². The second-order valence-corrected chi connectivity index (χ2v) is 8.43. The molecule has 1 aromatic rings. The molecule has 1 amide bonds. The van der Waals surface area contributed by atoms with Crippen LogP contribution in [0.1, 0.15) is 76.7 Å². The van der Waals surface area contributed by atoms with Gasteiger partial charge in [0.05, 0.1) is 4.90 Å². The second-order valence-electron chi connectivity index (χ2n) is 6.87. The first-order valence-electron chi connectivity index (χ1n) is 9.82. The maximum absolute atomic E-state index is 11.8. The third-order valence-corrected chi connectivity index (χ3v) is 5.42. The minimum absolute atomic E-state index is 0.0918. The zero-order chi connectivity index (χ0) is 19.3. The van der Waals surface area contributed by atoms with Gasteiger partial charge in [-0.05, 0) is 30.5 Å². The third kappa shape index (κ3) is 10.6. The number of benzene rings is 1. The molecule has 3 N–H and O–H groups in total. The predicted octanol–water partition coefficient (Wildman–Crippen LogP) is 3.91. The summed E-state index contributed by atoms with van der Waals surface area (Å²) >= 11 is 0. The number of nitrogens with two attached hydrogens (primary N) is 1. The van der Waals surface area contributed by atoms with Gasteiger partial charge in [0.1, 0.15) is 0 Å². The number of primary sulfonamides is 1. The Kier molecular flexibility index (Phi) is 11.2. The van der Waals surface area contributed by atoms with Crippen molar-refractivity contribution in [3.05, 3.63) is 29.8 Å². The number of hydrogen-bond donors (Lipinski definition) is 2. The third-order valence-electron chi connectivity index (χ3n) is 4.50. The first-order valence-corrected chi connectivity index (χ1v) is 11.4. The van der Waals surface area contributed by atoms with Crippen LogP contribution < -0.4 is 10.5 Å². The van der Waals surface area contributed by atoms with Gasteiger partial charge >= 0.3 is 0 Å². The Balaban J connectivity index is 2.05. The summed E-state index contributed by atoms with van der Waals surface area (Å²) in [6.07, 6.45) is 12.5. The van der Waals surface area contributed by atoms with Crippen LogP contribution in [0.5, 0.6) is 0 Å². The Hall–Kier alpha value is -1.40. The molecule has 0 radical (unpaired) electrons. The molecular weight excluding hydrogens is 348 g/mol. The Labute approximate surface area is 158 Å². The monoisotopic (exact) mass is 382 g/mol. The van der Waals surface area contributed by atoms with Gasteiger partial charge in [0.2, 0.25) is 15.9 Å². The lowest BCUT2D eigenvalue weighted by atomic mass is 10.1. The van der Waals surface area contributed by atoms with E-state index in [-0.39, 0.29) is 10.8 Å². The van der Waals surface area contributed by atoms with Crippen molar-refractivity contribution in [2.24, 2.45) is 5.14 Å². The summed E-state index contributed by atoms with van der Waals surface area (Å²) in [4.78, 5) is 11.9. The normalized spacial score (nSPS) is 11.5. The van der Waals surface area contributed by atoms with Crippen LogP contribution >= 0.6 is 0 Å². The molecule has 0 bridgehead atoms. The number of hydrogen-bond acceptors (Lipinski definition) is 3. The van der Waals surface area contributed by atoms with Crippen LogP contribution in [-0.2, 0) is 21.2 Å². The highest BCUT2D eigenvalue weighted by Crippen LogP contribution is 2.11. The molecule has 0 unspecified atom stereocenters.